The number of nitrogens with zero attached hydrogens (tertiary/aromatic N) is 2. The Balaban J connectivity index is 1.90. The van der Waals surface area contributed by atoms with E-state index in [0.717, 1.165) is 34.5 Å². The molecule has 5 nitrogen and oxygen atoms in total. The average molecular weight is 306 g/mol. The quantitative estimate of drug-likeness (QED) is 0.767. The maximum atomic E-state index is 11.1. The van der Waals surface area contributed by atoms with Crippen LogP contribution < -0.4 is 10.6 Å². The summed E-state index contributed by atoms with van der Waals surface area (Å²) in [6.07, 6.45) is 2.53. The molecule has 1 amide bonds. The summed E-state index contributed by atoms with van der Waals surface area (Å²) in [6.45, 7) is 3.61. The molecule has 0 saturated heterocycles. The standard InChI is InChI=1S/C18H18N4O/c1-3-13-4-9-17-16(10-13)18(20-11-19-17)22-15-7-5-14(6-8-15)21-12(2)23/h4-11H,3H2,1-2H3,(H,21,23)(H,19,20,22). The number of benzene rings is 2. The van der Waals surface area contributed by atoms with Gasteiger partial charge in [0.2, 0.25) is 5.91 Å². The minimum absolute atomic E-state index is 0.0837. The lowest BCUT2D eigenvalue weighted by Crippen LogP contribution is -2.05. The van der Waals surface area contributed by atoms with Crippen LogP contribution >= 0.6 is 0 Å². The summed E-state index contributed by atoms with van der Waals surface area (Å²) in [6, 6.07) is 13.7. The zero-order valence-electron chi connectivity index (χ0n) is 13.1. The summed E-state index contributed by atoms with van der Waals surface area (Å²) in [5.41, 5.74) is 3.83. The van der Waals surface area contributed by atoms with Crippen LogP contribution in [0, 0.1) is 0 Å². The first-order valence-electron chi connectivity index (χ1n) is 7.54. The molecule has 1 heterocycles. The summed E-state index contributed by atoms with van der Waals surface area (Å²) in [5.74, 6) is 0.692. The molecule has 1 aromatic heterocycles. The largest absolute Gasteiger partial charge is 0.340 e. The summed E-state index contributed by atoms with van der Waals surface area (Å²) in [4.78, 5) is 19.7. The van der Waals surface area contributed by atoms with Crippen molar-refractivity contribution >= 4 is 34.0 Å². The molecule has 0 atom stereocenters. The number of hydrogen-bond donors (Lipinski definition) is 2. The fourth-order valence-corrected chi connectivity index (χ4v) is 2.40. The highest BCUT2D eigenvalue weighted by atomic mass is 16.1. The first-order valence-corrected chi connectivity index (χ1v) is 7.54. The third-order valence-electron chi connectivity index (χ3n) is 3.58. The van der Waals surface area contributed by atoms with Gasteiger partial charge in [-0.3, -0.25) is 4.79 Å². The molecule has 116 valence electrons. The lowest BCUT2D eigenvalue weighted by atomic mass is 10.1. The van der Waals surface area contributed by atoms with E-state index in [0.29, 0.717) is 0 Å². The van der Waals surface area contributed by atoms with E-state index >= 15 is 0 Å². The fourth-order valence-electron chi connectivity index (χ4n) is 2.40. The Morgan fingerprint density at radius 1 is 1.04 bits per heavy atom. The van der Waals surface area contributed by atoms with Gasteiger partial charge in [-0.1, -0.05) is 13.0 Å². The van der Waals surface area contributed by atoms with E-state index in [1.807, 2.05) is 30.3 Å². The predicted octanol–water partition coefficient (Wildman–Crippen LogP) is 3.89. The Hall–Kier alpha value is -2.95. The van der Waals surface area contributed by atoms with Gasteiger partial charge in [-0.05, 0) is 48.4 Å². The topological polar surface area (TPSA) is 66.9 Å². The van der Waals surface area contributed by atoms with Crippen LogP contribution in [-0.2, 0) is 11.2 Å². The Morgan fingerprint density at radius 3 is 2.48 bits per heavy atom. The van der Waals surface area contributed by atoms with Gasteiger partial charge in [0.1, 0.15) is 12.1 Å². The van der Waals surface area contributed by atoms with Crippen molar-refractivity contribution < 1.29 is 4.79 Å². The molecule has 3 rings (SSSR count). The highest BCUT2D eigenvalue weighted by Crippen LogP contribution is 2.25. The second-order valence-electron chi connectivity index (χ2n) is 5.31. The zero-order chi connectivity index (χ0) is 16.2. The lowest BCUT2D eigenvalue weighted by Gasteiger charge is -2.10. The maximum Gasteiger partial charge on any atom is 0.221 e. The van der Waals surface area contributed by atoms with Crippen molar-refractivity contribution in [3.8, 4) is 0 Å². The number of hydrogen-bond acceptors (Lipinski definition) is 4. The molecule has 0 fully saturated rings. The molecule has 0 aliphatic rings. The smallest absolute Gasteiger partial charge is 0.221 e. The Labute approximate surface area is 134 Å². The molecule has 0 spiro atoms. The number of carbonyl (C=O) groups excluding carboxylic acids is 1. The monoisotopic (exact) mass is 306 g/mol. The van der Waals surface area contributed by atoms with Gasteiger partial charge in [0.25, 0.3) is 0 Å². The van der Waals surface area contributed by atoms with Gasteiger partial charge in [0.15, 0.2) is 0 Å². The highest BCUT2D eigenvalue weighted by Gasteiger charge is 2.05. The molecular weight excluding hydrogens is 288 g/mol. The van der Waals surface area contributed by atoms with Crippen molar-refractivity contribution in [2.45, 2.75) is 20.3 Å². The van der Waals surface area contributed by atoms with E-state index in [4.69, 9.17) is 0 Å². The molecule has 3 aromatic rings. The van der Waals surface area contributed by atoms with E-state index in [1.165, 1.54) is 12.5 Å². The van der Waals surface area contributed by atoms with Gasteiger partial charge in [-0.25, -0.2) is 9.97 Å². The number of amides is 1. The molecular formula is C18H18N4O. The Morgan fingerprint density at radius 2 is 1.78 bits per heavy atom. The predicted molar refractivity (Wildman–Crippen MR) is 92.9 cm³/mol. The zero-order valence-corrected chi connectivity index (χ0v) is 13.1. The van der Waals surface area contributed by atoms with Crippen LogP contribution in [0.3, 0.4) is 0 Å². The van der Waals surface area contributed by atoms with Gasteiger partial charge in [-0.2, -0.15) is 0 Å². The van der Waals surface area contributed by atoms with E-state index in [2.05, 4.69) is 39.7 Å². The van der Waals surface area contributed by atoms with Crippen LogP contribution in [0.5, 0.6) is 0 Å². The van der Waals surface area contributed by atoms with Crippen LogP contribution in [0.4, 0.5) is 17.2 Å². The molecule has 23 heavy (non-hydrogen) atoms. The summed E-state index contributed by atoms with van der Waals surface area (Å²) >= 11 is 0. The maximum absolute atomic E-state index is 11.1. The third-order valence-corrected chi connectivity index (χ3v) is 3.58. The highest BCUT2D eigenvalue weighted by molar-refractivity contribution is 5.91. The summed E-state index contributed by atoms with van der Waals surface area (Å²) in [5, 5.41) is 7.06. The van der Waals surface area contributed by atoms with Crippen molar-refractivity contribution in [1.29, 1.82) is 0 Å². The third kappa shape index (κ3) is 3.45. The van der Waals surface area contributed by atoms with Crippen LogP contribution in [0.2, 0.25) is 0 Å². The molecule has 0 aliphatic carbocycles. The van der Waals surface area contributed by atoms with Gasteiger partial charge >= 0.3 is 0 Å². The van der Waals surface area contributed by atoms with Crippen molar-refractivity contribution in [3.05, 3.63) is 54.4 Å². The average Bonchev–Trinajstić information content (AvgIpc) is 2.56. The van der Waals surface area contributed by atoms with E-state index < -0.39 is 0 Å². The van der Waals surface area contributed by atoms with E-state index in [1.54, 1.807) is 6.33 Å². The first-order chi connectivity index (χ1) is 11.2. The number of anilines is 3. The van der Waals surface area contributed by atoms with Gasteiger partial charge in [-0.15, -0.1) is 0 Å². The molecule has 0 unspecified atom stereocenters. The Kier molecular flexibility index (Phi) is 4.19. The van der Waals surface area contributed by atoms with Crippen molar-refractivity contribution in [1.82, 2.24) is 9.97 Å². The number of aryl methyl sites for hydroxylation is 1. The van der Waals surface area contributed by atoms with Gasteiger partial charge in [0.05, 0.1) is 5.52 Å². The second-order valence-corrected chi connectivity index (χ2v) is 5.31. The number of fused-ring (bicyclic) bond motifs is 1. The SMILES string of the molecule is CCc1ccc2ncnc(Nc3ccc(NC(C)=O)cc3)c2c1. The minimum atomic E-state index is -0.0837. The molecule has 2 aromatic carbocycles. The van der Waals surface area contributed by atoms with Crippen LogP contribution in [0.15, 0.2) is 48.8 Å². The number of carbonyl (C=O) groups is 1. The van der Waals surface area contributed by atoms with E-state index in [-0.39, 0.29) is 5.91 Å². The molecule has 0 aliphatic heterocycles. The lowest BCUT2D eigenvalue weighted by molar-refractivity contribution is -0.114. The van der Waals surface area contributed by atoms with Crippen LogP contribution in [-0.4, -0.2) is 15.9 Å². The summed E-state index contributed by atoms with van der Waals surface area (Å²) in [7, 11) is 0. The van der Waals surface area contributed by atoms with Crippen molar-refractivity contribution in [2.75, 3.05) is 10.6 Å². The van der Waals surface area contributed by atoms with Crippen molar-refractivity contribution in [3.63, 3.8) is 0 Å². The summed E-state index contributed by atoms with van der Waals surface area (Å²) < 4.78 is 0. The molecule has 2 N–H and O–H groups in total. The molecule has 0 bridgehead atoms. The second kappa shape index (κ2) is 6.44. The van der Waals surface area contributed by atoms with Gasteiger partial charge < -0.3 is 10.6 Å². The Bertz CT molecular complexity index is 843. The number of aromatic nitrogens is 2. The first kappa shape index (κ1) is 15.0. The fraction of sp³-hybridized carbons (Fsp3) is 0.167. The molecule has 5 heteroatoms. The number of rotatable bonds is 4. The van der Waals surface area contributed by atoms with E-state index in [9.17, 15) is 4.79 Å². The van der Waals surface area contributed by atoms with Crippen LogP contribution in [0.1, 0.15) is 19.4 Å². The van der Waals surface area contributed by atoms with Gasteiger partial charge in [0, 0.05) is 23.7 Å². The normalized spacial score (nSPS) is 10.5. The molecule has 0 saturated carbocycles. The minimum Gasteiger partial charge on any atom is -0.340 e. The van der Waals surface area contributed by atoms with Crippen molar-refractivity contribution in [2.24, 2.45) is 0 Å². The number of nitrogens with one attached hydrogen (secondary N) is 2. The van der Waals surface area contributed by atoms with Crippen LogP contribution in [0.25, 0.3) is 10.9 Å². The molecule has 0 radical (unpaired) electrons.